The maximum atomic E-state index is 13.0. The number of hydrogen-bond donors (Lipinski definition) is 2. The van der Waals surface area contributed by atoms with Gasteiger partial charge in [0.25, 0.3) is 5.91 Å². The molecule has 0 radical (unpaired) electrons. The lowest BCUT2D eigenvalue weighted by Crippen LogP contribution is -2.49. The first kappa shape index (κ1) is 18.9. The quantitative estimate of drug-likeness (QED) is 0.812. The van der Waals surface area contributed by atoms with E-state index in [0.717, 1.165) is 5.56 Å². The van der Waals surface area contributed by atoms with Crippen molar-refractivity contribution >= 4 is 17.7 Å². The minimum absolute atomic E-state index is 0.0760. The van der Waals surface area contributed by atoms with Crippen molar-refractivity contribution in [2.75, 3.05) is 13.1 Å². The van der Waals surface area contributed by atoms with E-state index >= 15 is 0 Å². The lowest BCUT2D eigenvalue weighted by atomic mass is 9.73. The molecule has 3 rings (SSSR count). The Morgan fingerprint density at radius 1 is 1.07 bits per heavy atom. The molecule has 6 nitrogen and oxygen atoms in total. The summed E-state index contributed by atoms with van der Waals surface area (Å²) < 4.78 is 0. The molecule has 0 saturated carbocycles. The van der Waals surface area contributed by atoms with Gasteiger partial charge in [-0.15, -0.1) is 0 Å². The van der Waals surface area contributed by atoms with E-state index in [1.165, 1.54) is 6.92 Å². The number of carbonyl (C=O) groups excluding carboxylic acids is 2. The maximum Gasteiger partial charge on any atom is 0.314 e. The van der Waals surface area contributed by atoms with Gasteiger partial charge in [-0.25, -0.2) is 0 Å². The SMILES string of the molecule is CC(=O)c1c(C)[nH]c(C(=O)N2CCC(C(=O)O)(c3ccccc3)CC2)c1C. The number of nitrogens with one attached hydrogen (secondary N) is 1. The van der Waals surface area contributed by atoms with Gasteiger partial charge >= 0.3 is 5.97 Å². The van der Waals surface area contributed by atoms with Crippen molar-refractivity contribution in [3.63, 3.8) is 0 Å². The Balaban J connectivity index is 1.83. The van der Waals surface area contributed by atoms with Gasteiger partial charge in [0.1, 0.15) is 5.69 Å². The molecule has 2 heterocycles. The van der Waals surface area contributed by atoms with Crippen molar-refractivity contribution in [2.24, 2.45) is 0 Å². The molecule has 0 bridgehead atoms. The highest BCUT2D eigenvalue weighted by molar-refractivity contribution is 6.02. The van der Waals surface area contributed by atoms with Crippen molar-refractivity contribution in [2.45, 2.75) is 39.0 Å². The third-order valence-corrected chi connectivity index (χ3v) is 5.64. The molecule has 1 amide bonds. The van der Waals surface area contributed by atoms with E-state index in [0.29, 0.717) is 48.4 Å². The van der Waals surface area contributed by atoms with Gasteiger partial charge in [-0.3, -0.25) is 14.4 Å². The second kappa shape index (κ2) is 7.02. The molecular weight excluding hydrogens is 344 g/mol. The molecule has 1 aromatic carbocycles. The van der Waals surface area contributed by atoms with Crippen LogP contribution in [0, 0.1) is 13.8 Å². The van der Waals surface area contributed by atoms with Crippen molar-refractivity contribution in [3.8, 4) is 0 Å². The fraction of sp³-hybridized carbons (Fsp3) is 0.381. The number of hydrogen-bond acceptors (Lipinski definition) is 3. The highest BCUT2D eigenvalue weighted by Gasteiger charge is 2.44. The van der Waals surface area contributed by atoms with Gasteiger partial charge < -0.3 is 15.0 Å². The number of piperidine rings is 1. The predicted molar refractivity (Wildman–Crippen MR) is 101 cm³/mol. The zero-order valence-electron chi connectivity index (χ0n) is 15.8. The second-order valence-corrected chi connectivity index (χ2v) is 7.23. The zero-order valence-corrected chi connectivity index (χ0v) is 15.8. The Hall–Kier alpha value is -2.89. The summed E-state index contributed by atoms with van der Waals surface area (Å²) in [6.45, 7) is 5.74. The molecular formula is C21H24N2O4. The highest BCUT2D eigenvalue weighted by atomic mass is 16.4. The van der Waals surface area contributed by atoms with Crippen LogP contribution in [0.4, 0.5) is 0 Å². The Morgan fingerprint density at radius 3 is 2.15 bits per heavy atom. The van der Waals surface area contributed by atoms with Crippen LogP contribution in [-0.4, -0.2) is 45.7 Å². The molecule has 1 aliphatic rings. The van der Waals surface area contributed by atoms with Crippen molar-refractivity contribution in [1.29, 1.82) is 0 Å². The predicted octanol–water partition coefficient (Wildman–Crippen LogP) is 3.09. The molecule has 0 aliphatic carbocycles. The normalized spacial score (nSPS) is 16.2. The molecule has 1 saturated heterocycles. The van der Waals surface area contributed by atoms with Crippen LogP contribution in [0.2, 0.25) is 0 Å². The van der Waals surface area contributed by atoms with Crippen molar-refractivity contribution < 1.29 is 19.5 Å². The number of benzene rings is 1. The Labute approximate surface area is 158 Å². The van der Waals surface area contributed by atoms with E-state index in [2.05, 4.69) is 4.98 Å². The summed E-state index contributed by atoms with van der Waals surface area (Å²) in [6, 6.07) is 9.21. The molecule has 142 valence electrons. The number of aliphatic carboxylic acids is 1. The van der Waals surface area contributed by atoms with Crippen LogP contribution in [0.5, 0.6) is 0 Å². The van der Waals surface area contributed by atoms with Gasteiger partial charge in [-0.05, 0) is 44.7 Å². The number of nitrogens with zero attached hydrogens (tertiary/aromatic N) is 1. The van der Waals surface area contributed by atoms with E-state index in [-0.39, 0.29) is 11.7 Å². The lowest BCUT2D eigenvalue weighted by molar-refractivity contribution is -0.145. The van der Waals surface area contributed by atoms with Crippen LogP contribution in [0.15, 0.2) is 30.3 Å². The number of ketones is 1. The van der Waals surface area contributed by atoms with E-state index in [1.807, 2.05) is 30.3 Å². The van der Waals surface area contributed by atoms with E-state index < -0.39 is 11.4 Å². The molecule has 2 N–H and O–H groups in total. The number of Topliss-reactive ketones (excluding diaryl/α,β-unsaturated/α-hetero) is 1. The van der Waals surface area contributed by atoms with Crippen LogP contribution in [0.25, 0.3) is 0 Å². The monoisotopic (exact) mass is 368 g/mol. The Kier molecular flexibility index (Phi) is 4.91. The molecule has 0 unspecified atom stereocenters. The third-order valence-electron chi connectivity index (χ3n) is 5.64. The van der Waals surface area contributed by atoms with Crippen LogP contribution in [0.1, 0.15) is 57.4 Å². The van der Waals surface area contributed by atoms with Gasteiger partial charge in [0.2, 0.25) is 0 Å². The number of likely N-dealkylation sites (tertiary alicyclic amines) is 1. The summed E-state index contributed by atoms with van der Waals surface area (Å²) in [4.78, 5) is 41.5. The van der Waals surface area contributed by atoms with Crippen molar-refractivity contribution in [1.82, 2.24) is 9.88 Å². The lowest BCUT2D eigenvalue weighted by Gasteiger charge is -2.39. The van der Waals surface area contributed by atoms with Gasteiger partial charge in [-0.2, -0.15) is 0 Å². The summed E-state index contributed by atoms with van der Waals surface area (Å²) >= 11 is 0. The molecule has 0 spiro atoms. The molecule has 1 aromatic heterocycles. The topological polar surface area (TPSA) is 90.5 Å². The standard InChI is InChI=1S/C21H24N2O4/c1-13-17(15(3)24)14(2)22-18(13)19(25)23-11-9-21(10-12-23,20(26)27)16-7-5-4-6-8-16/h4-8,22H,9-12H2,1-3H3,(H,26,27). The molecule has 2 aromatic rings. The first-order chi connectivity index (χ1) is 12.8. The third kappa shape index (κ3) is 3.16. The summed E-state index contributed by atoms with van der Waals surface area (Å²) in [7, 11) is 0. The maximum absolute atomic E-state index is 13.0. The second-order valence-electron chi connectivity index (χ2n) is 7.23. The summed E-state index contributed by atoms with van der Waals surface area (Å²) in [5, 5.41) is 9.88. The fourth-order valence-electron chi connectivity index (χ4n) is 4.12. The van der Waals surface area contributed by atoms with E-state index in [4.69, 9.17) is 0 Å². The number of aromatic amines is 1. The number of H-pyrrole nitrogens is 1. The molecule has 6 heteroatoms. The number of rotatable bonds is 4. The average molecular weight is 368 g/mol. The van der Waals surface area contributed by atoms with Crippen LogP contribution in [-0.2, 0) is 10.2 Å². The summed E-state index contributed by atoms with van der Waals surface area (Å²) in [5.41, 5.74) is 2.12. The first-order valence-electron chi connectivity index (χ1n) is 9.06. The molecule has 1 aliphatic heterocycles. The van der Waals surface area contributed by atoms with Gasteiger partial charge in [0.15, 0.2) is 5.78 Å². The minimum Gasteiger partial charge on any atom is -0.481 e. The van der Waals surface area contributed by atoms with Gasteiger partial charge in [-0.1, -0.05) is 30.3 Å². The van der Waals surface area contributed by atoms with Crippen LogP contribution < -0.4 is 0 Å². The number of aryl methyl sites for hydroxylation is 1. The summed E-state index contributed by atoms with van der Waals surface area (Å²) in [6.07, 6.45) is 0.715. The van der Waals surface area contributed by atoms with Crippen molar-refractivity contribution in [3.05, 3.63) is 58.4 Å². The molecule has 27 heavy (non-hydrogen) atoms. The Morgan fingerprint density at radius 2 is 1.67 bits per heavy atom. The number of carbonyl (C=O) groups is 3. The van der Waals surface area contributed by atoms with Gasteiger partial charge in [0, 0.05) is 24.3 Å². The van der Waals surface area contributed by atoms with Gasteiger partial charge in [0.05, 0.1) is 5.41 Å². The molecule has 1 fully saturated rings. The number of amides is 1. The van der Waals surface area contributed by atoms with E-state index in [9.17, 15) is 19.5 Å². The van der Waals surface area contributed by atoms with Crippen LogP contribution in [0.3, 0.4) is 0 Å². The fourth-order valence-corrected chi connectivity index (χ4v) is 4.12. The average Bonchev–Trinajstić information content (AvgIpc) is 2.96. The smallest absolute Gasteiger partial charge is 0.314 e. The largest absolute Gasteiger partial charge is 0.481 e. The zero-order chi connectivity index (χ0) is 19.8. The number of carboxylic acid groups (broad SMARTS) is 1. The highest BCUT2D eigenvalue weighted by Crippen LogP contribution is 2.36. The summed E-state index contributed by atoms with van der Waals surface area (Å²) in [5.74, 6) is -1.12. The van der Waals surface area contributed by atoms with Crippen LogP contribution >= 0.6 is 0 Å². The first-order valence-corrected chi connectivity index (χ1v) is 9.06. The number of aromatic nitrogens is 1. The van der Waals surface area contributed by atoms with E-state index in [1.54, 1.807) is 18.7 Å². The minimum atomic E-state index is -0.969. The Bertz CT molecular complexity index is 890. The molecule has 0 atom stereocenters. The number of carboxylic acids is 1.